The molecule has 0 aromatic heterocycles. The van der Waals surface area contributed by atoms with Crippen molar-refractivity contribution in [3.05, 3.63) is 0 Å². The van der Waals surface area contributed by atoms with Gasteiger partial charge in [0.15, 0.2) is 0 Å². The van der Waals surface area contributed by atoms with Crippen molar-refractivity contribution in [2.75, 3.05) is 14.1 Å². The smallest absolute Gasteiger partial charge is 0.176 e. The molecule has 0 unspecified atom stereocenters. The summed E-state index contributed by atoms with van der Waals surface area (Å²) in [5.41, 5.74) is 0. The van der Waals surface area contributed by atoms with Crippen molar-refractivity contribution in [3.63, 3.8) is 0 Å². The molecule has 0 rings (SSSR count). The highest BCUT2D eigenvalue weighted by Crippen LogP contribution is 2.07. The summed E-state index contributed by atoms with van der Waals surface area (Å²) in [5, 5.41) is 0. The first-order valence-electron chi connectivity index (χ1n) is 5.58. The molecule has 18 heteroatoms. The summed E-state index contributed by atoms with van der Waals surface area (Å²) in [6.45, 7) is 8.00. The predicted molar refractivity (Wildman–Crippen MR) is 87.2 cm³/mol. The van der Waals surface area contributed by atoms with Gasteiger partial charge in [0.2, 0.25) is 0 Å². The number of halogens is 4. The molecule has 0 aromatic carbocycles. The molecule has 0 atom stereocenters. The van der Waals surface area contributed by atoms with E-state index >= 15 is 0 Å². The largest absolute Gasteiger partial charge is 0.389 e. The average molecular weight is 470 g/mol. The fraction of sp³-hybridized carbons (Fsp3) is 1.00. The van der Waals surface area contributed by atoms with Gasteiger partial charge in [-0.05, 0) is 7.42 Å². The first kappa shape index (κ1) is 35.5. The van der Waals surface area contributed by atoms with Crippen molar-refractivity contribution >= 4 is 41.6 Å². The van der Waals surface area contributed by atoms with E-state index < -0.39 is 49.1 Å². The Bertz CT molecular complexity index is 624. The Labute approximate surface area is 149 Å². The van der Waals surface area contributed by atoms with Crippen LogP contribution in [0.25, 0.3) is 0 Å². The minimum Gasteiger partial charge on any atom is -0.176 e. The van der Waals surface area contributed by atoms with Gasteiger partial charge in [0.05, 0.1) is 0 Å². The highest BCUT2D eigenvalue weighted by molar-refractivity contribution is 7.99. The van der Waals surface area contributed by atoms with Crippen LogP contribution in [0.15, 0.2) is 0 Å². The Kier molecular flexibility index (Phi) is 19.4. The molecule has 0 N–H and O–H groups in total. The molecule has 10 nitrogen and oxygen atoms in total. The Morgan fingerprint density at radius 2 is 0.600 bits per heavy atom. The topological polar surface area (TPSA) is 143 Å². The molecule has 0 radical (unpaired) electrons. The monoisotopic (exact) mass is 469 g/mol. The zero-order valence-electron chi connectivity index (χ0n) is 13.3. The fourth-order valence-corrected chi connectivity index (χ4v) is 1.91. The van der Waals surface area contributed by atoms with Crippen LogP contribution in [0.2, 0.25) is 0 Å². The number of hydrogen-bond acceptors (Lipinski definition) is 8. The lowest BCUT2D eigenvalue weighted by molar-refractivity contribution is 0.466. The molecule has 0 aliphatic carbocycles. The summed E-state index contributed by atoms with van der Waals surface area (Å²) in [7, 11) is -21.5. The predicted octanol–water partition coefficient (Wildman–Crippen LogP) is 1.63. The van der Waals surface area contributed by atoms with E-state index in [-0.39, 0.29) is 22.9 Å². The second-order valence-corrected chi connectivity index (χ2v) is 8.48. The van der Waals surface area contributed by atoms with Gasteiger partial charge in [-0.2, -0.15) is 33.7 Å². The van der Waals surface area contributed by atoms with E-state index in [1.165, 1.54) is 0 Å². The second kappa shape index (κ2) is 13.6. The van der Waals surface area contributed by atoms with Crippen LogP contribution in [0.4, 0.5) is 15.5 Å². The zero-order valence-corrected chi connectivity index (χ0v) is 16.6. The van der Waals surface area contributed by atoms with Gasteiger partial charge >= 0.3 is 41.6 Å². The standard InChI is InChI=1S/2C2H6.2CH3F2NO4S2.CH4.H2/c2*1-2;2*1-4(9(2,5)6)10(3,7)8;;/h2*1-2H3;2*1H3;1H4;1H/i;;;;;1+1. The van der Waals surface area contributed by atoms with Crippen molar-refractivity contribution in [1.29, 1.82) is 0 Å². The van der Waals surface area contributed by atoms with Gasteiger partial charge in [0, 0.05) is 15.5 Å². The fourth-order valence-electron chi connectivity index (χ4n) is 0.213. The lowest BCUT2D eigenvalue weighted by atomic mass is 11.0. The van der Waals surface area contributed by atoms with Crippen LogP contribution in [0.1, 0.15) is 36.5 Å². The van der Waals surface area contributed by atoms with Crippen molar-refractivity contribution in [1.82, 2.24) is 7.42 Å². The molecule has 0 aromatic rings. The molecule has 0 bridgehead atoms. The van der Waals surface area contributed by atoms with Crippen LogP contribution in [-0.2, 0) is 41.6 Å². The Morgan fingerprint density at radius 3 is 0.600 bits per heavy atom. The third-order valence-electron chi connectivity index (χ3n) is 1.23. The van der Waals surface area contributed by atoms with Crippen molar-refractivity contribution in [2.45, 2.75) is 35.1 Å². The molecular formula is C7H24F4N2O8S4. The van der Waals surface area contributed by atoms with E-state index in [1.807, 2.05) is 27.7 Å². The molecular weight excluding hydrogens is 444 g/mol. The van der Waals surface area contributed by atoms with E-state index in [4.69, 9.17) is 0 Å². The first-order valence-corrected chi connectivity index (χ1v) is 10.9. The normalized spacial score (nSPS) is 11.7. The van der Waals surface area contributed by atoms with E-state index in [9.17, 15) is 49.2 Å². The first-order chi connectivity index (χ1) is 10.3. The van der Waals surface area contributed by atoms with Gasteiger partial charge in [0.1, 0.15) is 0 Å². The van der Waals surface area contributed by atoms with Crippen LogP contribution < -0.4 is 0 Å². The summed E-state index contributed by atoms with van der Waals surface area (Å²) >= 11 is 0. The van der Waals surface area contributed by atoms with E-state index in [0.29, 0.717) is 0 Å². The number of hydrogen-bond donors (Lipinski definition) is 0. The second-order valence-electron chi connectivity index (χ2n) is 2.53. The molecule has 0 aliphatic heterocycles. The number of rotatable bonds is 4. The van der Waals surface area contributed by atoms with E-state index in [0.717, 1.165) is 0 Å². The highest BCUT2D eigenvalue weighted by Gasteiger charge is 2.29. The molecule has 0 saturated heterocycles. The van der Waals surface area contributed by atoms with Gasteiger partial charge in [-0.3, -0.25) is 0 Å². The molecule has 0 spiro atoms. The van der Waals surface area contributed by atoms with E-state index in [2.05, 4.69) is 0 Å². The van der Waals surface area contributed by atoms with Crippen LogP contribution in [-0.4, -0.2) is 55.2 Å². The Balaban J connectivity index is -0.0000000604. The maximum atomic E-state index is 11.6. The maximum Gasteiger partial charge on any atom is 0.389 e. The summed E-state index contributed by atoms with van der Waals surface area (Å²) in [6, 6.07) is 0. The molecule has 25 heavy (non-hydrogen) atoms. The minimum absolute atomic E-state index is 0. The molecule has 0 saturated carbocycles. The Morgan fingerprint density at radius 1 is 0.520 bits per heavy atom. The Hall–Kier alpha value is -0.560. The minimum atomic E-state index is -5.49. The summed E-state index contributed by atoms with van der Waals surface area (Å²) in [4.78, 5) is 0. The highest BCUT2D eigenvalue weighted by atomic mass is 32.3. The summed E-state index contributed by atoms with van der Waals surface area (Å²) < 4.78 is 121. The van der Waals surface area contributed by atoms with Gasteiger partial charge in [-0.1, -0.05) is 50.7 Å². The SMILES string of the molecule is C.CC.CC.CN(S(=O)(=O)F)S(=O)(=O)F.CN(S(=O)(=O)F)S(=O)(=O)F.[2HH]. The molecule has 0 heterocycles. The maximum absolute atomic E-state index is 11.6. The summed E-state index contributed by atoms with van der Waals surface area (Å²) in [6.07, 6.45) is 0. The van der Waals surface area contributed by atoms with Crippen LogP contribution >= 0.6 is 0 Å². The lowest BCUT2D eigenvalue weighted by Gasteiger charge is -2.02. The van der Waals surface area contributed by atoms with Crippen molar-refractivity contribution in [2.24, 2.45) is 0 Å². The third kappa shape index (κ3) is 19.6. The average Bonchev–Trinajstić information content (AvgIpc) is 2.38. The number of nitrogens with zero attached hydrogens (tertiary/aromatic N) is 2. The van der Waals surface area contributed by atoms with Crippen molar-refractivity contribution in [3.8, 4) is 0 Å². The van der Waals surface area contributed by atoms with E-state index in [1.54, 1.807) is 0 Å². The third-order valence-corrected chi connectivity index (χ3v) is 5.82. The zero-order chi connectivity index (χ0) is 21.2. The molecule has 0 fully saturated rings. The molecule has 0 amide bonds. The van der Waals surface area contributed by atoms with Gasteiger partial charge < -0.3 is 0 Å². The van der Waals surface area contributed by atoms with Crippen LogP contribution in [0.5, 0.6) is 0 Å². The van der Waals surface area contributed by atoms with Crippen molar-refractivity contribution < 1.29 is 50.6 Å². The molecule has 0 aliphatic rings. The van der Waals surface area contributed by atoms with Crippen LogP contribution in [0.3, 0.4) is 0 Å². The lowest BCUT2D eigenvalue weighted by Crippen LogP contribution is -2.26. The van der Waals surface area contributed by atoms with Gasteiger partial charge in [-0.25, -0.2) is 0 Å². The summed E-state index contributed by atoms with van der Waals surface area (Å²) in [5.74, 6) is 0. The van der Waals surface area contributed by atoms with Crippen LogP contribution in [0, 0.1) is 0 Å². The van der Waals surface area contributed by atoms with Gasteiger partial charge in [-0.15, -0.1) is 0 Å². The molecule has 162 valence electrons. The van der Waals surface area contributed by atoms with Gasteiger partial charge in [0.25, 0.3) is 0 Å². The quantitative estimate of drug-likeness (QED) is 0.446.